The number of hydrogen-bond donors (Lipinski definition) is 3. The molecule has 2 amide bonds. The second kappa shape index (κ2) is 8.14. The van der Waals surface area contributed by atoms with Crippen LogP contribution in [0.4, 0.5) is 0 Å². The van der Waals surface area contributed by atoms with Crippen molar-refractivity contribution in [1.29, 1.82) is 0 Å². The number of aryl methyl sites for hydroxylation is 3. The lowest BCUT2D eigenvalue weighted by atomic mass is 9.91. The summed E-state index contributed by atoms with van der Waals surface area (Å²) in [5.74, 6) is 0.0446. The second-order valence-electron chi connectivity index (χ2n) is 7.85. The summed E-state index contributed by atoms with van der Waals surface area (Å²) in [6.45, 7) is 1.75. The van der Waals surface area contributed by atoms with Crippen molar-refractivity contribution in [3.63, 3.8) is 0 Å². The zero-order chi connectivity index (χ0) is 20.4. The maximum absolute atomic E-state index is 12.6. The maximum atomic E-state index is 12.6. The zero-order valence-corrected chi connectivity index (χ0v) is 16.5. The van der Waals surface area contributed by atoms with E-state index in [2.05, 4.69) is 25.6 Å². The molecule has 1 fully saturated rings. The summed E-state index contributed by atoms with van der Waals surface area (Å²) in [5.41, 5.74) is 2.27. The molecule has 2 aromatic heterocycles. The van der Waals surface area contributed by atoms with Crippen molar-refractivity contribution in [2.75, 3.05) is 0 Å². The van der Waals surface area contributed by atoms with Crippen molar-refractivity contribution < 1.29 is 9.59 Å². The lowest BCUT2D eigenvalue weighted by molar-refractivity contribution is 0.0888. The number of hydrogen-bond acceptors (Lipinski definition) is 5. The van der Waals surface area contributed by atoms with Gasteiger partial charge in [-0.1, -0.05) is 0 Å². The van der Waals surface area contributed by atoms with Crippen LogP contribution in [0.5, 0.6) is 0 Å². The number of nitrogens with one attached hydrogen (secondary N) is 3. The van der Waals surface area contributed by atoms with Crippen LogP contribution in [-0.2, 0) is 12.8 Å². The van der Waals surface area contributed by atoms with Gasteiger partial charge in [-0.3, -0.25) is 14.4 Å². The quantitative estimate of drug-likeness (QED) is 0.724. The number of nitrogens with zero attached hydrogens (tertiary/aromatic N) is 2. The Balaban J connectivity index is 1.30. The molecular formula is C21H25N5O3. The predicted molar refractivity (Wildman–Crippen MR) is 107 cm³/mol. The molecule has 2 aliphatic rings. The molecule has 2 heterocycles. The van der Waals surface area contributed by atoms with Gasteiger partial charge in [0, 0.05) is 24.0 Å². The molecule has 0 aliphatic heterocycles. The number of carbonyl (C=O) groups is 2. The fraction of sp³-hybridized carbons (Fsp3) is 0.476. The van der Waals surface area contributed by atoms with E-state index < -0.39 is 0 Å². The SMILES string of the molecule is Cc1nccc(C(=O)NC2CCC(NC(=O)c3cc4c([nH]c3=O)CCC4)CC2)n1. The Labute approximate surface area is 168 Å². The Bertz CT molecular complexity index is 992. The average Bonchev–Trinajstić information content (AvgIpc) is 3.16. The van der Waals surface area contributed by atoms with Gasteiger partial charge in [-0.2, -0.15) is 0 Å². The van der Waals surface area contributed by atoms with Crippen molar-refractivity contribution in [2.24, 2.45) is 0 Å². The van der Waals surface area contributed by atoms with E-state index in [1.54, 1.807) is 25.3 Å². The summed E-state index contributed by atoms with van der Waals surface area (Å²) < 4.78 is 0. The van der Waals surface area contributed by atoms with E-state index >= 15 is 0 Å². The predicted octanol–water partition coefficient (Wildman–Crippen LogP) is 1.43. The Hall–Kier alpha value is -3.03. The van der Waals surface area contributed by atoms with Gasteiger partial charge in [-0.05, 0) is 69.6 Å². The number of fused-ring (bicyclic) bond motifs is 1. The molecule has 0 unspecified atom stereocenters. The second-order valence-corrected chi connectivity index (χ2v) is 7.85. The van der Waals surface area contributed by atoms with E-state index in [1.165, 1.54) is 0 Å². The zero-order valence-electron chi connectivity index (χ0n) is 16.5. The van der Waals surface area contributed by atoms with Crippen LogP contribution < -0.4 is 16.2 Å². The fourth-order valence-corrected chi connectivity index (χ4v) is 4.17. The summed E-state index contributed by atoms with van der Waals surface area (Å²) in [5, 5.41) is 6.00. The topological polar surface area (TPSA) is 117 Å². The third-order valence-electron chi connectivity index (χ3n) is 5.74. The summed E-state index contributed by atoms with van der Waals surface area (Å²) in [6, 6.07) is 3.40. The van der Waals surface area contributed by atoms with Crippen LogP contribution in [0.3, 0.4) is 0 Å². The first-order valence-corrected chi connectivity index (χ1v) is 10.2. The summed E-state index contributed by atoms with van der Waals surface area (Å²) in [7, 11) is 0. The number of amides is 2. The number of carbonyl (C=O) groups excluding carboxylic acids is 2. The highest BCUT2D eigenvalue weighted by atomic mass is 16.2. The van der Waals surface area contributed by atoms with Gasteiger partial charge in [-0.25, -0.2) is 9.97 Å². The molecule has 29 heavy (non-hydrogen) atoms. The molecule has 8 nitrogen and oxygen atoms in total. The van der Waals surface area contributed by atoms with Gasteiger partial charge in [-0.15, -0.1) is 0 Å². The largest absolute Gasteiger partial charge is 0.349 e. The number of aromatic nitrogens is 3. The number of pyridine rings is 1. The molecule has 3 N–H and O–H groups in total. The number of aromatic amines is 1. The Morgan fingerprint density at radius 1 is 1.07 bits per heavy atom. The molecule has 0 bridgehead atoms. The highest BCUT2D eigenvalue weighted by Gasteiger charge is 2.26. The fourth-order valence-electron chi connectivity index (χ4n) is 4.17. The lowest BCUT2D eigenvalue weighted by Crippen LogP contribution is -2.44. The normalized spacial score (nSPS) is 20.7. The van der Waals surface area contributed by atoms with Crippen LogP contribution >= 0.6 is 0 Å². The molecule has 0 saturated heterocycles. The molecule has 0 spiro atoms. The first-order chi connectivity index (χ1) is 14.0. The van der Waals surface area contributed by atoms with Gasteiger partial charge in [0.2, 0.25) is 0 Å². The van der Waals surface area contributed by atoms with Gasteiger partial charge in [0.1, 0.15) is 17.1 Å². The summed E-state index contributed by atoms with van der Waals surface area (Å²) >= 11 is 0. The summed E-state index contributed by atoms with van der Waals surface area (Å²) in [6.07, 6.45) is 7.40. The Morgan fingerprint density at radius 3 is 2.45 bits per heavy atom. The molecule has 2 aromatic rings. The van der Waals surface area contributed by atoms with Crippen LogP contribution in [-0.4, -0.2) is 38.8 Å². The smallest absolute Gasteiger partial charge is 0.270 e. The van der Waals surface area contributed by atoms with Gasteiger partial charge < -0.3 is 15.6 Å². The summed E-state index contributed by atoms with van der Waals surface area (Å²) in [4.78, 5) is 48.1. The molecule has 1 saturated carbocycles. The number of H-pyrrole nitrogens is 1. The van der Waals surface area contributed by atoms with E-state index in [-0.39, 0.29) is 35.0 Å². The van der Waals surface area contributed by atoms with Crippen molar-refractivity contribution in [1.82, 2.24) is 25.6 Å². The standard InChI is InChI=1S/C21H25N5O3/c1-12-22-10-9-18(23-12)21(29)25-15-7-5-14(6-8-15)24-19(27)16-11-13-3-2-4-17(13)26-20(16)28/h9-11,14-15H,2-8H2,1H3,(H,24,27)(H,25,29)(H,26,28). The Kier molecular flexibility index (Phi) is 5.42. The lowest BCUT2D eigenvalue weighted by Gasteiger charge is -2.29. The molecular weight excluding hydrogens is 370 g/mol. The Morgan fingerprint density at radius 2 is 1.76 bits per heavy atom. The van der Waals surface area contributed by atoms with Crippen LogP contribution in [0.15, 0.2) is 23.1 Å². The van der Waals surface area contributed by atoms with E-state index in [0.29, 0.717) is 11.5 Å². The highest BCUT2D eigenvalue weighted by molar-refractivity contribution is 5.94. The monoisotopic (exact) mass is 395 g/mol. The maximum Gasteiger partial charge on any atom is 0.270 e. The van der Waals surface area contributed by atoms with Gasteiger partial charge >= 0.3 is 0 Å². The van der Waals surface area contributed by atoms with Crippen LogP contribution in [0.25, 0.3) is 0 Å². The van der Waals surface area contributed by atoms with Crippen molar-refractivity contribution >= 4 is 11.8 Å². The first-order valence-electron chi connectivity index (χ1n) is 10.2. The minimum atomic E-state index is -0.316. The molecule has 152 valence electrons. The van der Waals surface area contributed by atoms with Crippen molar-refractivity contribution in [2.45, 2.75) is 64.0 Å². The van der Waals surface area contributed by atoms with Gasteiger partial charge in [0.05, 0.1) is 0 Å². The molecule has 0 aromatic carbocycles. The minimum Gasteiger partial charge on any atom is -0.349 e. The number of rotatable bonds is 4. The third-order valence-corrected chi connectivity index (χ3v) is 5.74. The molecule has 0 radical (unpaired) electrons. The molecule has 8 heteroatoms. The van der Waals surface area contributed by atoms with E-state index in [4.69, 9.17) is 0 Å². The van der Waals surface area contributed by atoms with Crippen molar-refractivity contribution in [3.05, 3.63) is 57.0 Å². The third kappa shape index (κ3) is 4.36. The molecule has 4 rings (SSSR count). The molecule has 2 aliphatic carbocycles. The highest BCUT2D eigenvalue weighted by Crippen LogP contribution is 2.21. The van der Waals surface area contributed by atoms with E-state index in [0.717, 1.165) is 56.2 Å². The average molecular weight is 395 g/mol. The van der Waals surface area contributed by atoms with Gasteiger partial charge in [0.15, 0.2) is 0 Å². The molecule has 0 atom stereocenters. The van der Waals surface area contributed by atoms with Gasteiger partial charge in [0.25, 0.3) is 17.4 Å². The first kappa shape index (κ1) is 19.3. The minimum absolute atomic E-state index is 0.00426. The van der Waals surface area contributed by atoms with Crippen LogP contribution in [0.2, 0.25) is 0 Å². The van der Waals surface area contributed by atoms with Crippen LogP contribution in [0.1, 0.15) is 70.0 Å². The van der Waals surface area contributed by atoms with E-state index in [9.17, 15) is 14.4 Å². The van der Waals surface area contributed by atoms with E-state index in [1.807, 2.05) is 0 Å². The van der Waals surface area contributed by atoms with Crippen LogP contribution in [0, 0.1) is 6.92 Å². The van der Waals surface area contributed by atoms with Crippen molar-refractivity contribution in [3.8, 4) is 0 Å².